The average molecular weight is 550 g/mol. The van der Waals surface area contributed by atoms with Crippen molar-refractivity contribution in [2.45, 2.75) is 71.5 Å². The van der Waals surface area contributed by atoms with Crippen LogP contribution in [-0.4, -0.2) is 43.8 Å². The molecule has 0 aliphatic heterocycles. The maximum absolute atomic E-state index is 14.0. The van der Waals surface area contributed by atoms with Crippen LogP contribution in [0.1, 0.15) is 49.4 Å². The molecule has 0 aliphatic carbocycles. The van der Waals surface area contributed by atoms with Gasteiger partial charge in [0, 0.05) is 12.6 Å². The Hall–Kier alpha value is -3.65. The van der Waals surface area contributed by atoms with E-state index in [2.05, 4.69) is 5.32 Å². The number of amides is 2. The fourth-order valence-electron chi connectivity index (χ4n) is 4.26. The number of hydrogen-bond donors (Lipinski definition) is 1. The molecule has 0 bridgehead atoms. The highest BCUT2D eigenvalue weighted by Crippen LogP contribution is 2.28. The monoisotopic (exact) mass is 549 g/mol. The van der Waals surface area contributed by atoms with Gasteiger partial charge in [0.25, 0.3) is 10.0 Å². The lowest BCUT2D eigenvalue weighted by molar-refractivity contribution is -0.139. The van der Waals surface area contributed by atoms with Crippen LogP contribution in [0.5, 0.6) is 0 Å². The lowest BCUT2D eigenvalue weighted by Gasteiger charge is -2.33. The molecule has 0 radical (unpaired) electrons. The van der Waals surface area contributed by atoms with Crippen LogP contribution in [-0.2, 0) is 26.2 Å². The molecule has 0 spiro atoms. The van der Waals surface area contributed by atoms with Crippen molar-refractivity contribution in [3.63, 3.8) is 0 Å². The number of sulfonamides is 1. The fourth-order valence-corrected chi connectivity index (χ4v) is 5.76. The van der Waals surface area contributed by atoms with E-state index >= 15 is 0 Å². The van der Waals surface area contributed by atoms with Crippen LogP contribution >= 0.6 is 0 Å². The van der Waals surface area contributed by atoms with Crippen LogP contribution in [0.3, 0.4) is 0 Å². The van der Waals surface area contributed by atoms with Gasteiger partial charge in [-0.3, -0.25) is 13.9 Å². The van der Waals surface area contributed by atoms with E-state index in [-0.39, 0.29) is 23.4 Å². The van der Waals surface area contributed by atoms with E-state index in [4.69, 9.17) is 0 Å². The van der Waals surface area contributed by atoms with Crippen LogP contribution in [0.2, 0.25) is 0 Å². The number of nitrogens with zero attached hydrogens (tertiary/aromatic N) is 2. The first-order valence-electron chi connectivity index (χ1n) is 13.2. The molecule has 0 heterocycles. The van der Waals surface area contributed by atoms with E-state index in [1.807, 2.05) is 71.0 Å². The van der Waals surface area contributed by atoms with Crippen molar-refractivity contribution in [1.29, 1.82) is 0 Å². The van der Waals surface area contributed by atoms with Gasteiger partial charge >= 0.3 is 0 Å². The summed E-state index contributed by atoms with van der Waals surface area (Å²) in [6.45, 7) is 11.0. The number of aryl methyl sites for hydroxylation is 3. The van der Waals surface area contributed by atoms with Gasteiger partial charge in [-0.05, 0) is 70.4 Å². The molecular formula is C31H39N3O4S. The number of carbonyl (C=O) groups excluding carboxylic acids is 2. The molecule has 0 aromatic heterocycles. The van der Waals surface area contributed by atoms with Gasteiger partial charge in [-0.15, -0.1) is 0 Å². The van der Waals surface area contributed by atoms with E-state index in [0.717, 1.165) is 33.0 Å². The Balaban J connectivity index is 2.04. The number of carbonyl (C=O) groups is 2. The first-order chi connectivity index (χ1) is 18.4. The van der Waals surface area contributed by atoms with Crippen LogP contribution in [0.15, 0.2) is 77.7 Å². The van der Waals surface area contributed by atoms with Crippen molar-refractivity contribution in [3.05, 3.63) is 95.1 Å². The summed E-state index contributed by atoms with van der Waals surface area (Å²) in [4.78, 5) is 28.7. The van der Waals surface area contributed by atoms with Gasteiger partial charge < -0.3 is 10.2 Å². The molecule has 208 valence electrons. The van der Waals surface area contributed by atoms with Crippen molar-refractivity contribution in [1.82, 2.24) is 10.2 Å². The third-order valence-electron chi connectivity index (χ3n) is 6.87. The van der Waals surface area contributed by atoms with Crippen LogP contribution in [0.4, 0.5) is 5.69 Å². The summed E-state index contributed by atoms with van der Waals surface area (Å²) >= 11 is 0. The van der Waals surface area contributed by atoms with Crippen molar-refractivity contribution < 1.29 is 18.0 Å². The fraction of sp³-hybridized carbons (Fsp3) is 0.355. The standard InChI is InChI=1S/C31H39N3O4S/c1-7-25(5)32-31(36)26(6)33(20-27-16-13-22(2)14-17-27)30(35)21-34(29-18-15-23(3)19-24(29)4)39(37,38)28-11-9-8-10-12-28/h8-19,25-26H,7,20-21H2,1-6H3,(H,32,36)/t25-,26-/m0/s1. The minimum absolute atomic E-state index is 0.0542. The lowest BCUT2D eigenvalue weighted by Crippen LogP contribution is -2.52. The number of nitrogens with one attached hydrogen (secondary N) is 1. The predicted molar refractivity (Wildman–Crippen MR) is 156 cm³/mol. The van der Waals surface area contributed by atoms with Crippen molar-refractivity contribution >= 4 is 27.5 Å². The Bertz CT molecular complexity index is 1390. The average Bonchev–Trinajstić information content (AvgIpc) is 2.91. The second-order valence-corrected chi connectivity index (χ2v) is 12.0. The van der Waals surface area contributed by atoms with Crippen LogP contribution < -0.4 is 9.62 Å². The van der Waals surface area contributed by atoms with Gasteiger partial charge in [0.1, 0.15) is 12.6 Å². The summed E-state index contributed by atoms with van der Waals surface area (Å²) in [5.74, 6) is -0.754. The zero-order valence-electron chi connectivity index (χ0n) is 23.6. The smallest absolute Gasteiger partial charge is 0.264 e. The molecule has 0 saturated heterocycles. The predicted octanol–water partition coefficient (Wildman–Crippen LogP) is 5.14. The summed E-state index contributed by atoms with van der Waals surface area (Å²) in [6, 6.07) is 20.4. The van der Waals surface area contributed by atoms with Crippen molar-refractivity contribution in [2.24, 2.45) is 0 Å². The number of rotatable bonds is 11. The summed E-state index contributed by atoms with van der Waals surface area (Å²) in [6.07, 6.45) is 0.750. The van der Waals surface area contributed by atoms with Crippen LogP contribution in [0, 0.1) is 20.8 Å². The van der Waals surface area contributed by atoms with Gasteiger partial charge in [-0.1, -0.05) is 72.6 Å². The topological polar surface area (TPSA) is 86.8 Å². The molecule has 0 fully saturated rings. The number of hydrogen-bond acceptors (Lipinski definition) is 4. The summed E-state index contributed by atoms with van der Waals surface area (Å²) < 4.78 is 28.9. The lowest BCUT2D eigenvalue weighted by atomic mass is 10.1. The zero-order chi connectivity index (χ0) is 28.7. The van der Waals surface area contributed by atoms with E-state index in [9.17, 15) is 18.0 Å². The number of anilines is 1. The Morgan fingerprint density at radius 1 is 0.872 bits per heavy atom. The molecule has 2 atom stereocenters. The SMILES string of the molecule is CC[C@H](C)NC(=O)[C@H](C)N(Cc1ccc(C)cc1)C(=O)CN(c1ccc(C)cc1C)S(=O)(=O)c1ccccc1. The van der Waals surface area contributed by atoms with Gasteiger partial charge in [-0.25, -0.2) is 8.42 Å². The Morgan fingerprint density at radius 2 is 1.49 bits per heavy atom. The molecule has 2 amide bonds. The van der Waals surface area contributed by atoms with Crippen molar-refractivity contribution in [2.75, 3.05) is 10.8 Å². The molecule has 0 unspecified atom stereocenters. The summed E-state index contributed by atoms with van der Waals surface area (Å²) in [5.41, 5.74) is 4.06. The van der Waals surface area contributed by atoms with E-state index in [0.29, 0.717) is 5.69 Å². The quantitative estimate of drug-likeness (QED) is 0.359. The Kier molecular flexibility index (Phi) is 9.92. The molecule has 3 aromatic carbocycles. The maximum atomic E-state index is 14.0. The molecule has 3 aromatic rings. The van der Waals surface area contributed by atoms with Crippen molar-refractivity contribution in [3.8, 4) is 0 Å². The van der Waals surface area contributed by atoms with Gasteiger partial charge in [-0.2, -0.15) is 0 Å². The molecule has 3 rings (SSSR count). The molecule has 0 aliphatic rings. The highest BCUT2D eigenvalue weighted by Gasteiger charge is 2.33. The summed E-state index contributed by atoms with van der Waals surface area (Å²) in [5, 5.41) is 2.95. The minimum Gasteiger partial charge on any atom is -0.352 e. The largest absolute Gasteiger partial charge is 0.352 e. The maximum Gasteiger partial charge on any atom is 0.264 e. The number of benzene rings is 3. The summed E-state index contributed by atoms with van der Waals surface area (Å²) in [7, 11) is -4.08. The molecule has 7 nitrogen and oxygen atoms in total. The van der Waals surface area contributed by atoms with E-state index < -0.39 is 28.5 Å². The Labute approximate surface area is 232 Å². The Morgan fingerprint density at radius 3 is 2.08 bits per heavy atom. The first kappa shape index (κ1) is 29.9. The third-order valence-corrected chi connectivity index (χ3v) is 8.65. The highest BCUT2D eigenvalue weighted by molar-refractivity contribution is 7.92. The molecular weight excluding hydrogens is 510 g/mol. The van der Waals surface area contributed by atoms with Gasteiger partial charge in [0.2, 0.25) is 11.8 Å². The molecule has 8 heteroatoms. The second kappa shape index (κ2) is 12.9. The second-order valence-electron chi connectivity index (χ2n) is 10.1. The molecule has 1 N–H and O–H groups in total. The van der Waals surface area contributed by atoms with E-state index in [1.165, 1.54) is 17.0 Å². The van der Waals surface area contributed by atoms with Gasteiger partial charge in [0.15, 0.2) is 0 Å². The van der Waals surface area contributed by atoms with E-state index in [1.54, 1.807) is 31.2 Å². The normalized spacial score (nSPS) is 12.9. The minimum atomic E-state index is -4.08. The molecule has 0 saturated carbocycles. The van der Waals surface area contributed by atoms with Gasteiger partial charge in [0.05, 0.1) is 10.6 Å². The highest BCUT2D eigenvalue weighted by atomic mass is 32.2. The zero-order valence-corrected chi connectivity index (χ0v) is 24.5. The third kappa shape index (κ3) is 7.47. The van der Waals surface area contributed by atoms with Crippen LogP contribution in [0.25, 0.3) is 0 Å². The first-order valence-corrected chi connectivity index (χ1v) is 14.7. The molecule has 39 heavy (non-hydrogen) atoms.